The van der Waals surface area contributed by atoms with Crippen LogP contribution in [0, 0.1) is 0 Å². The van der Waals surface area contributed by atoms with E-state index in [1.165, 1.54) is 0 Å². The topological polar surface area (TPSA) is 293 Å². The third-order valence-electron chi connectivity index (χ3n) is 3.63. The van der Waals surface area contributed by atoms with E-state index in [2.05, 4.69) is 18.1 Å². The van der Waals surface area contributed by atoms with Crippen molar-refractivity contribution >= 4 is 37.3 Å². The van der Waals surface area contributed by atoms with Crippen LogP contribution < -0.4 is 0 Å². The first-order valence-corrected chi connectivity index (χ1v) is 14.5. The standard InChI is InChI=1S/C10H22O18P4/c1-2-3-7(11)24-5-4-6(25-29(12,13)14)9(27-31(18,19)20)10(28-32(21,22)23)8(5)26-30(15,16)17/h5-6,8-10H,2-4H2,1H3,(H2,12,13,14)(H2,15,16,17)(H2,18,19,20)(H2,21,22,23)/t5-,6+,8+,9-,10-/m1/s1. The third-order valence-corrected chi connectivity index (χ3v) is 5.73. The molecule has 1 saturated carbocycles. The Morgan fingerprint density at radius 1 is 0.688 bits per heavy atom. The average Bonchev–Trinajstić information content (AvgIpc) is 2.49. The molecule has 0 aromatic carbocycles. The lowest BCUT2D eigenvalue weighted by Gasteiger charge is -2.44. The van der Waals surface area contributed by atoms with E-state index in [4.69, 9.17) is 43.9 Å². The van der Waals surface area contributed by atoms with Crippen molar-refractivity contribution in [3.63, 3.8) is 0 Å². The van der Waals surface area contributed by atoms with Crippen LogP contribution in [0.2, 0.25) is 0 Å². The van der Waals surface area contributed by atoms with Gasteiger partial charge < -0.3 is 43.9 Å². The maximum absolute atomic E-state index is 11.9. The van der Waals surface area contributed by atoms with Crippen LogP contribution in [0.3, 0.4) is 0 Å². The normalized spacial score (nSPS) is 27.8. The number of phosphoric ester groups is 4. The first-order chi connectivity index (χ1) is 14.2. The van der Waals surface area contributed by atoms with Crippen LogP contribution in [0.4, 0.5) is 0 Å². The van der Waals surface area contributed by atoms with Gasteiger partial charge in [-0.1, -0.05) is 6.92 Å². The van der Waals surface area contributed by atoms with Crippen LogP contribution in [0.15, 0.2) is 0 Å². The highest BCUT2D eigenvalue weighted by Crippen LogP contribution is 2.53. The minimum atomic E-state index is -5.65. The summed E-state index contributed by atoms with van der Waals surface area (Å²) in [4.78, 5) is 85.0. The Hall–Kier alpha value is -0.0900. The van der Waals surface area contributed by atoms with Gasteiger partial charge in [0.2, 0.25) is 0 Å². The van der Waals surface area contributed by atoms with Gasteiger partial charge >= 0.3 is 37.3 Å². The van der Waals surface area contributed by atoms with Crippen molar-refractivity contribution < 1.29 is 85.0 Å². The Morgan fingerprint density at radius 3 is 1.44 bits per heavy atom. The molecule has 1 fully saturated rings. The molecule has 1 aliphatic carbocycles. The zero-order valence-electron chi connectivity index (χ0n) is 16.0. The lowest BCUT2D eigenvalue weighted by atomic mass is 9.87. The lowest BCUT2D eigenvalue weighted by Crippen LogP contribution is -2.59. The van der Waals surface area contributed by atoms with Gasteiger partial charge in [-0.3, -0.25) is 22.9 Å². The monoisotopic (exact) mass is 554 g/mol. The predicted octanol–water partition coefficient (Wildman–Crippen LogP) is -0.986. The number of hydrogen-bond donors (Lipinski definition) is 8. The zero-order chi connectivity index (χ0) is 25.1. The molecule has 0 spiro atoms. The Morgan fingerprint density at radius 2 is 1.06 bits per heavy atom. The summed E-state index contributed by atoms with van der Waals surface area (Å²) < 4.78 is 67.8. The molecular weight excluding hydrogens is 532 g/mol. The summed E-state index contributed by atoms with van der Waals surface area (Å²) in [5.41, 5.74) is 0. The van der Waals surface area contributed by atoms with E-state index in [-0.39, 0.29) is 12.8 Å². The van der Waals surface area contributed by atoms with Gasteiger partial charge in [-0.25, -0.2) is 18.3 Å². The van der Waals surface area contributed by atoms with Crippen molar-refractivity contribution in [3.05, 3.63) is 0 Å². The third kappa shape index (κ3) is 11.4. The van der Waals surface area contributed by atoms with E-state index in [0.29, 0.717) is 0 Å². The van der Waals surface area contributed by atoms with Crippen molar-refractivity contribution in [1.29, 1.82) is 0 Å². The highest BCUT2D eigenvalue weighted by Gasteiger charge is 2.56. The predicted molar refractivity (Wildman–Crippen MR) is 97.1 cm³/mol. The number of carbonyl (C=O) groups is 1. The molecule has 1 aliphatic rings. The van der Waals surface area contributed by atoms with Gasteiger partial charge in [-0.15, -0.1) is 0 Å². The molecule has 5 atom stereocenters. The molecule has 22 heteroatoms. The van der Waals surface area contributed by atoms with Crippen LogP contribution in [-0.4, -0.2) is 75.6 Å². The largest absolute Gasteiger partial charge is 0.470 e. The summed E-state index contributed by atoms with van der Waals surface area (Å²) in [7, 11) is -22.3. The molecule has 32 heavy (non-hydrogen) atoms. The molecular formula is C10H22O18P4. The second-order valence-electron chi connectivity index (χ2n) is 6.33. The summed E-state index contributed by atoms with van der Waals surface area (Å²) in [6.07, 6.45) is -12.5. The molecule has 0 heterocycles. The maximum Gasteiger partial charge on any atom is 0.470 e. The molecule has 0 bridgehead atoms. The second-order valence-corrected chi connectivity index (χ2v) is 11.1. The van der Waals surface area contributed by atoms with E-state index in [9.17, 15) is 23.1 Å². The fourth-order valence-electron chi connectivity index (χ4n) is 2.79. The summed E-state index contributed by atoms with van der Waals surface area (Å²) in [5.74, 6) is -1.02. The SMILES string of the molecule is CCCC(=O)O[C@@H]1C[C@H](OP(=O)(O)O)[C@@H](OP(=O)(O)O)[C@H](OP(=O)(O)O)[C@H]1OP(=O)(O)O. The molecule has 0 saturated heterocycles. The number of hydrogen-bond acceptors (Lipinski definition) is 10. The van der Waals surface area contributed by atoms with Crippen LogP contribution >= 0.6 is 31.3 Å². The minimum Gasteiger partial charge on any atom is -0.459 e. The summed E-state index contributed by atoms with van der Waals surface area (Å²) in [5, 5.41) is 0. The molecule has 0 aliphatic heterocycles. The number of ether oxygens (including phenoxy) is 1. The second kappa shape index (κ2) is 11.1. The van der Waals surface area contributed by atoms with Crippen molar-refractivity contribution in [1.82, 2.24) is 0 Å². The van der Waals surface area contributed by atoms with Gasteiger partial charge in [0.05, 0.1) is 0 Å². The number of carbonyl (C=O) groups excluding carboxylic acids is 1. The van der Waals surface area contributed by atoms with E-state index in [1.807, 2.05) is 0 Å². The Balaban J connectivity index is 3.58. The maximum atomic E-state index is 11.9. The summed E-state index contributed by atoms with van der Waals surface area (Å²) in [6, 6.07) is 0. The number of rotatable bonds is 11. The van der Waals surface area contributed by atoms with Gasteiger partial charge in [0.15, 0.2) is 0 Å². The lowest BCUT2D eigenvalue weighted by molar-refractivity contribution is -0.186. The molecule has 0 radical (unpaired) electrons. The fraction of sp³-hybridized carbons (Fsp3) is 0.900. The van der Waals surface area contributed by atoms with E-state index < -0.39 is 74.2 Å². The fourth-order valence-corrected chi connectivity index (χ4v) is 5.05. The van der Waals surface area contributed by atoms with Gasteiger partial charge in [0, 0.05) is 12.8 Å². The van der Waals surface area contributed by atoms with Gasteiger partial charge in [0.25, 0.3) is 0 Å². The molecule has 0 unspecified atom stereocenters. The van der Waals surface area contributed by atoms with Crippen molar-refractivity contribution in [2.45, 2.75) is 56.7 Å². The first kappa shape index (κ1) is 29.9. The van der Waals surface area contributed by atoms with Crippen molar-refractivity contribution in [2.24, 2.45) is 0 Å². The molecule has 1 rings (SSSR count). The van der Waals surface area contributed by atoms with Crippen LogP contribution in [0.25, 0.3) is 0 Å². The molecule has 8 N–H and O–H groups in total. The Labute approximate surface area is 179 Å². The van der Waals surface area contributed by atoms with Crippen LogP contribution in [-0.2, 0) is 45.9 Å². The summed E-state index contributed by atoms with van der Waals surface area (Å²) in [6.45, 7) is 1.55. The zero-order valence-corrected chi connectivity index (χ0v) is 19.5. The van der Waals surface area contributed by atoms with Gasteiger partial charge in [-0.2, -0.15) is 0 Å². The number of esters is 1. The van der Waals surface area contributed by atoms with Gasteiger partial charge in [0.1, 0.15) is 30.5 Å². The smallest absolute Gasteiger partial charge is 0.459 e. The first-order valence-electron chi connectivity index (χ1n) is 8.36. The quantitative estimate of drug-likeness (QED) is 0.112. The average molecular weight is 554 g/mol. The highest BCUT2D eigenvalue weighted by atomic mass is 31.2. The highest BCUT2D eigenvalue weighted by molar-refractivity contribution is 7.47. The van der Waals surface area contributed by atoms with E-state index in [0.717, 1.165) is 0 Å². The van der Waals surface area contributed by atoms with E-state index >= 15 is 0 Å². The Bertz CT molecular complexity index is 835. The van der Waals surface area contributed by atoms with Crippen LogP contribution in [0.5, 0.6) is 0 Å². The van der Waals surface area contributed by atoms with E-state index in [1.54, 1.807) is 6.92 Å². The molecule has 18 nitrogen and oxygen atoms in total. The number of phosphoric acid groups is 4. The molecule has 190 valence electrons. The molecule has 0 amide bonds. The van der Waals surface area contributed by atoms with Gasteiger partial charge in [-0.05, 0) is 6.42 Å². The van der Waals surface area contributed by atoms with Crippen molar-refractivity contribution in [3.8, 4) is 0 Å². The van der Waals surface area contributed by atoms with Crippen LogP contribution in [0.1, 0.15) is 26.2 Å². The van der Waals surface area contributed by atoms with Crippen molar-refractivity contribution in [2.75, 3.05) is 0 Å². The minimum absolute atomic E-state index is 0.227. The Kier molecular flexibility index (Phi) is 10.4. The molecule has 0 aromatic rings. The molecule has 0 aromatic heterocycles. The summed E-state index contributed by atoms with van der Waals surface area (Å²) >= 11 is 0.